The highest BCUT2D eigenvalue weighted by atomic mass is 35.5. The van der Waals surface area contributed by atoms with Crippen molar-refractivity contribution in [1.29, 1.82) is 0 Å². The van der Waals surface area contributed by atoms with Crippen LogP contribution in [0.4, 0.5) is 5.69 Å². The minimum absolute atomic E-state index is 0.0981. The molecule has 0 radical (unpaired) electrons. The molecule has 3 rings (SSSR count). The molecule has 1 amide bonds. The predicted molar refractivity (Wildman–Crippen MR) is 117 cm³/mol. The van der Waals surface area contributed by atoms with Gasteiger partial charge in [-0.3, -0.25) is 4.79 Å². The van der Waals surface area contributed by atoms with Gasteiger partial charge in [0.25, 0.3) is 5.91 Å². The predicted octanol–water partition coefficient (Wildman–Crippen LogP) is 4.49. The minimum atomic E-state index is -3.67. The zero-order chi connectivity index (χ0) is 21.6. The van der Waals surface area contributed by atoms with E-state index in [9.17, 15) is 13.2 Å². The molecule has 0 aliphatic heterocycles. The van der Waals surface area contributed by atoms with Crippen molar-refractivity contribution < 1.29 is 17.9 Å². The highest BCUT2D eigenvalue weighted by molar-refractivity contribution is 7.89. The average molecular weight is 465 g/mol. The molecule has 2 N–H and O–H groups in total. The molecule has 0 fully saturated rings. The Labute approximate surface area is 184 Å². The van der Waals surface area contributed by atoms with E-state index in [2.05, 4.69) is 10.0 Å². The Morgan fingerprint density at radius 2 is 1.63 bits per heavy atom. The van der Waals surface area contributed by atoms with Crippen molar-refractivity contribution in [2.24, 2.45) is 0 Å². The molecule has 6 nitrogen and oxygen atoms in total. The van der Waals surface area contributed by atoms with Crippen LogP contribution >= 0.6 is 23.2 Å². The van der Waals surface area contributed by atoms with E-state index in [4.69, 9.17) is 27.9 Å². The SMILES string of the molecule is O=C(COc1ccc(S(=O)(=O)NCc2ccccc2)cc1)Nc1cc(Cl)ccc1Cl. The molecule has 0 spiro atoms. The van der Waals surface area contributed by atoms with Crippen molar-refractivity contribution in [3.05, 3.63) is 88.4 Å². The van der Waals surface area contributed by atoms with Crippen LogP contribution in [0.2, 0.25) is 10.0 Å². The number of rotatable bonds is 8. The Morgan fingerprint density at radius 3 is 2.33 bits per heavy atom. The number of sulfonamides is 1. The molecule has 0 atom stereocenters. The number of halogens is 2. The Kier molecular flexibility index (Phi) is 7.33. The van der Waals surface area contributed by atoms with Gasteiger partial charge in [0, 0.05) is 11.6 Å². The van der Waals surface area contributed by atoms with Crippen LogP contribution in [0.15, 0.2) is 77.7 Å². The lowest BCUT2D eigenvalue weighted by Gasteiger charge is -2.10. The van der Waals surface area contributed by atoms with E-state index in [-0.39, 0.29) is 18.0 Å². The van der Waals surface area contributed by atoms with Gasteiger partial charge in [0.1, 0.15) is 5.75 Å². The molecular formula is C21H18Cl2N2O4S. The van der Waals surface area contributed by atoms with Crippen LogP contribution in [0, 0.1) is 0 Å². The fraction of sp³-hybridized carbons (Fsp3) is 0.0952. The third-order valence-electron chi connectivity index (χ3n) is 4.02. The standard InChI is InChI=1S/C21H18Cl2N2O4S/c22-16-6-11-19(23)20(12-16)25-21(26)14-29-17-7-9-18(10-8-17)30(27,28)24-13-15-4-2-1-3-5-15/h1-12,24H,13-14H2,(H,25,26). The quantitative estimate of drug-likeness (QED) is 0.514. The van der Waals surface area contributed by atoms with Crippen LogP contribution in [0.3, 0.4) is 0 Å². The lowest BCUT2D eigenvalue weighted by atomic mass is 10.2. The normalized spacial score (nSPS) is 11.1. The first-order valence-corrected chi connectivity index (χ1v) is 11.1. The summed E-state index contributed by atoms with van der Waals surface area (Å²) in [6, 6.07) is 19.7. The molecule has 0 aliphatic rings. The molecule has 3 aromatic rings. The van der Waals surface area contributed by atoms with Gasteiger partial charge in [0.2, 0.25) is 10.0 Å². The molecule has 30 heavy (non-hydrogen) atoms. The maximum Gasteiger partial charge on any atom is 0.262 e. The summed E-state index contributed by atoms with van der Waals surface area (Å²) in [6.45, 7) is -0.0884. The first kappa shape index (κ1) is 22.1. The van der Waals surface area contributed by atoms with E-state index in [1.165, 1.54) is 30.3 Å². The molecule has 0 saturated carbocycles. The van der Waals surface area contributed by atoms with Crippen molar-refractivity contribution in [3.63, 3.8) is 0 Å². The number of anilines is 1. The molecule has 156 valence electrons. The molecule has 0 bridgehead atoms. The zero-order valence-corrected chi connectivity index (χ0v) is 18.0. The van der Waals surface area contributed by atoms with Gasteiger partial charge >= 0.3 is 0 Å². The molecule has 9 heteroatoms. The molecule has 3 aromatic carbocycles. The second-order valence-electron chi connectivity index (χ2n) is 6.24. The van der Waals surface area contributed by atoms with Gasteiger partial charge in [-0.15, -0.1) is 0 Å². The maximum atomic E-state index is 12.4. The first-order chi connectivity index (χ1) is 14.3. The van der Waals surface area contributed by atoms with Crippen molar-refractivity contribution in [2.75, 3.05) is 11.9 Å². The first-order valence-electron chi connectivity index (χ1n) is 8.85. The lowest BCUT2D eigenvalue weighted by molar-refractivity contribution is -0.118. The minimum Gasteiger partial charge on any atom is -0.484 e. The summed E-state index contributed by atoms with van der Waals surface area (Å²) in [6.07, 6.45) is 0. The van der Waals surface area contributed by atoms with Crippen LogP contribution in [0.1, 0.15) is 5.56 Å². The number of hydrogen-bond donors (Lipinski definition) is 2. The third-order valence-corrected chi connectivity index (χ3v) is 6.00. The van der Waals surface area contributed by atoms with E-state index in [0.717, 1.165) is 5.56 Å². The van der Waals surface area contributed by atoms with Crippen molar-refractivity contribution in [3.8, 4) is 5.75 Å². The van der Waals surface area contributed by atoms with Gasteiger partial charge in [-0.25, -0.2) is 13.1 Å². The van der Waals surface area contributed by atoms with Crippen LogP contribution in [0.25, 0.3) is 0 Å². The smallest absolute Gasteiger partial charge is 0.262 e. The van der Waals surface area contributed by atoms with Crippen LogP contribution in [-0.2, 0) is 21.4 Å². The van der Waals surface area contributed by atoms with Gasteiger partial charge in [-0.1, -0.05) is 53.5 Å². The Morgan fingerprint density at radius 1 is 0.933 bits per heavy atom. The Hall–Kier alpha value is -2.58. The summed E-state index contributed by atoms with van der Waals surface area (Å²) in [5.74, 6) is -0.0789. The zero-order valence-electron chi connectivity index (χ0n) is 15.6. The number of nitrogens with one attached hydrogen (secondary N) is 2. The van der Waals surface area contributed by atoms with E-state index in [1.54, 1.807) is 12.1 Å². The molecule has 0 unspecified atom stereocenters. The molecule has 0 aliphatic carbocycles. The average Bonchev–Trinajstić information content (AvgIpc) is 2.74. The van der Waals surface area contributed by atoms with E-state index >= 15 is 0 Å². The van der Waals surface area contributed by atoms with E-state index < -0.39 is 15.9 Å². The summed E-state index contributed by atoms with van der Waals surface area (Å²) >= 11 is 11.9. The van der Waals surface area contributed by atoms with Crippen LogP contribution in [0.5, 0.6) is 5.75 Å². The van der Waals surface area contributed by atoms with Crippen LogP contribution < -0.4 is 14.8 Å². The fourth-order valence-electron chi connectivity index (χ4n) is 2.50. The lowest BCUT2D eigenvalue weighted by Crippen LogP contribution is -2.23. The summed E-state index contributed by atoms with van der Waals surface area (Å²) in [4.78, 5) is 12.1. The topological polar surface area (TPSA) is 84.5 Å². The second-order valence-corrected chi connectivity index (χ2v) is 8.85. The van der Waals surface area contributed by atoms with Gasteiger partial charge in [-0.2, -0.15) is 0 Å². The van der Waals surface area contributed by atoms with Crippen LogP contribution in [-0.4, -0.2) is 20.9 Å². The highest BCUT2D eigenvalue weighted by Crippen LogP contribution is 2.25. The Bertz CT molecular complexity index is 1120. The van der Waals surface area contributed by atoms with Crippen molar-refractivity contribution in [1.82, 2.24) is 4.72 Å². The summed E-state index contributed by atoms with van der Waals surface area (Å²) in [5.41, 5.74) is 1.23. The number of ether oxygens (including phenoxy) is 1. The number of carbonyl (C=O) groups is 1. The molecule has 0 saturated heterocycles. The van der Waals surface area contributed by atoms with Crippen molar-refractivity contribution >= 4 is 44.8 Å². The monoisotopic (exact) mass is 464 g/mol. The van der Waals surface area contributed by atoms with Gasteiger partial charge < -0.3 is 10.1 Å². The van der Waals surface area contributed by atoms with E-state index in [1.807, 2.05) is 30.3 Å². The van der Waals surface area contributed by atoms with Gasteiger partial charge in [-0.05, 0) is 48.0 Å². The summed E-state index contributed by atoms with van der Waals surface area (Å²) < 4.78 is 32.8. The fourth-order valence-corrected chi connectivity index (χ4v) is 3.86. The van der Waals surface area contributed by atoms with Gasteiger partial charge in [0.15, 0.2) is 6.61 Å². The van der Waals surface area contributed by atoms with Crippen molar-refractivity contribution in [2.45, 2.75) is 11.4 Å². The molecule has 0 heterocycles. The highest BCUT2D eigenvalue weighted by Gasteiger charge is 2.14. The van der Waals surface area contributed by atoms with E-state index in [0.29, 0.717) is 21.5 Å². The maximum absolute atomic E-state index is 12.4. The summed E-state index contributed by atoms with van der Waals surface area (Å²) in [7, 11) is -3.67. The molecular weight excluding hydrogens is 447 g/mol. The summed E-state index contributed by atoms with van der Waals surface area (Å²) in [5, 5.41) is 3.39. The van der Waals surface area contributed by atoms with Gasteiger partial charge in [0.05, 0.1) is 15.6 Å². The second kappa shape index (κ2) is 9.95. The number of hydrogen-bond acceptors (Lipinski definition) is 4. The number of benzene rings is 3. The number of carbonyl (C=O) groups excluding carboxylic acids is 1. The molecule has 0 aromatic heterocycles. The Balaban J connectivity index is 1.55. The largest absolute Gasteiger partial charge is 0.484 e. The number of amides is 1. The third kappa shape index (κ3) is 6.21.